The van der Waals surface area contributed by atoms with E-state index in [1.165, 1.54) is 25.1 Å². The Bertz CT molecular complexity index is 867. The molecule has 1 aliphatic rings. The monoisotopic (exact) mass is 381 g/mol. The molecule has 2 aromatic rings. The maximum absolute atomic E-state index is 13.4. The average Bonchev–Trinajstić information content (AvgIpc) is 3.07. The number of rotatable bonds is 3. The minimum Gasteiger partial charge on any atom is -0.345 e. The van der Waals surface area contributed by atoms with Crippen LogP contribution in [0.3, 0.4) is 0 Å². The van der Waals surface area contributed by atoms with Gasteiger partial charge in [-0.15, -0.1) is 0 Å². The van der Waals surface area contributed by atoms with Crippen LogP contribution in [0.15, 0.2) is 30.3 Å². The third-order valence-corrected chi connectivity index (χ3v) is 4.54. The zero-order chi connectivity index (χ0) is 19.8. The molecule has 8 heteroatoms. The molecule has 0 bridgehead atoms. The fraction of sp³-hybridized carbons (Fsp3) is 0.368. The number of amides is 1. The Morgan fingerprint density at radius 2 is 1.96 bits per heavy atom. The summed E-state index contributed by atoms with van der Waals surface area (Å²) in [6.45, 7) is 3.52. The Morgan fingerprint density at radius 1 is 1.22 bits per heavy atom. The second kappa shape index (κ2) is 7.17. The van der Waals surface area contributed by atoms with Gasteiger partial charge in [-0.2, -0.15) is 13.2 Å². The van der Waals surface area contributed by atoms with E-state index in [4.69, 9.17) is 0 Å². The molecule has 2 heterocycles. The first-order valence-corrected chi connectivity index (χ1v) is 8.54. The molecular weight excluding hydrogens is 362 g/mol. The lowest BCUT2D eigenvalue weighted by Gasteiger charge is -2.26. The van der Waals surface area contributed by atoms with Gasteiger partial charge in [0, 0.05) is 17.9 Å². The van der Waals surface area contributed by atoms with Crippen LogP contribution in [0.1, 0.15) is 29.7 Å². The Balaban J connectivity index is 1.83. The number of hydrogen-bond donors (Lipinski definition) is 1. The number of nitrogens with one attached hydrogen (secondary N) is 1. The molecule has 144 valence electrons. The smallest absolute Gasteiger partial charge is 0.345 e. The molecule has 1 aromatic carbocycles. The Labute approximate surface area is 154 Å². The van der Waals surface area contributed by atoms with Crippen LogP contribution in [0.5, 0.6) is 0 Å². The van der Waals surface area contributed by atoms with Crippen LogP contribution in [0, 0.1) is 19.7 Å². The fourth-order valence-corrected chi connectivity index (χ4v) is 3.22. The normalized spacial score (nSPS) is 17.3. The van der Waals surface area contributed by atoms with Gasteiger partial charge in [-0.3, -0.25) is 4.79 Å². The molecule has 0 spiro atoms. The molecule has 1 fully saturated rings. The van der Waals surface area contributed by atoms with Crippen molar-refractivity contribution in [3.8, 4) is 0 Å². The minimum atomic E-state index is -4.48. The third-order valence-electron chi connectivity index (χ3n) is 4.54. The van der Waals surface area contributed by atoms with Gasteiger partial charge in [-0.25, -0.2) is 9.37 Å². The molecule has 1 saturated heterocycles. The van der Waals surface area contributed by atoms with Crippen molar-refractivity contribution in [2.45, 2.75) is 38.9 Å². The highest BCUT2D eigenvalue weighted by molar-refractivity contribution is 5.97. The van der Waals surface area contributed by atoms with E-state index in [1.807, 2.05) is 0 Å². The topological polar surface area (TPSA) is 45.2 Å². The number of alkyl halides is 3. The quantitative estimate of drug-likeness (QED) is 0.799. The first-order valence-electron chi connectivity index (χ1n) is 8.54. The minimum absolute atomic E-state index is 0.135. The number of nitrogens with zero attached hydrogens (tertiary/aromatic N) is 2. The molecule has 0 radical (unpaired) electrons. The standard InChI is InChI=1S/C19H19F4N3O/c1-11-8-14(5-6-15(11)20)25-18(27)16-4-3-7-26(16)17-10-13(19(21,22)23)9-12(2)24-17/h5-6,8-10,16H,3-4,7H2,1-2H3,(H,25,27)/t16-/m0/s1. The second-order valence-corrected chi connectivity index (χ2v) is 6.66. The van der Waals surface area contributed by atoms with Crippen molar-refractivity contribution in [2.75, 3.05) is 16.8 Å². The van der Waals surface area contributed by atoms with Gasteiger partial charge in [0.25, 0.3) is 0 Å². The van der Waals surface area contributed by atoms with Crippen molar-refractivity contribution in [1.29, 1.82) is 0 Å². The van der Waals surface area contributed by atoms with Crippen molar-refractivity contribution in [3.05, 3.63) is 53.0 Å². The van der Waals surface area contributed by atoms with Crippen LogP contribution in [-0.4, -0.2) is 23.5 Å². The summed E-state index contributed by atoms with van der Waals surface area (Å²) in [4.78, 5) is 18.4. The van der Waals surface area contributed by atoms with E-state index < -0.39 is 17.8 Å². The van der Waals surface area contributed by atoms with Crippen molar-refractivity contribution >= 4 is 17.4 Å². The van der Waals surface area contributed by atoms with Gasteiger partial charge in [0.15, 0.2) is 0 Å². The maximum Gasteiger partial charge on any atom is 0.416 e. The molecule has 1 aromatic heterocycles. The molecule has 1 aliphatic heterocycles. The van der Waals surface area contributed by atoms with Crippen LogP contribution in [0.25, 0.3) is 0 Å². The van der Waals surface area contributed by atoms with Gasteiger partial charge >= 0.3 is 6.18 Å². The largest absolute Gasteiger partial charge is 0.416 e. The van der Waals surface area contributed by atoms with E-state index in [2.05, 4.69) is 10.3 Å². The lowest BCUT2D eigenvalue weighted by molar-refractivity contribution is -0.137. The summed E-state index contributed by atoms with van der Waals surface area (Å²) >= 11 is 0. The molecule has 0 saturated carbocycles. The lowest BCUT2D eigenvalue weighted by atomic mass is 10.1. The van der Waals surface area contributed by atoms with E-state index >= 15 is 0 Å². The molecule has 27 heavy (non-hydrogen) atoms. The molecule has 0 aliphatic carbocycles. The zero-order valence-electron chi connectivity index (χ0n) is 14.9. The molecule has 3 rings (SSSR count). The highest BCUT2D eigenvalue weighted by Gasteiger charge is 2.35. The second-order valence-electron chi connectivity index (χ2n) is 6.66. The number of carbonyl (C=O) groups excluding carboxylic acids is 1. The van der Waals surface area contributed by atoms with Gasteiger partial charge in [0.1, 0.15) is 17.7 Å². The number of aromatic nitrogens is 1. The Kier molecular flexibility index (Phi) is 5.08. The number of hydrogen-bond acceptors (Lipinski definition) is 3. The average molecular weight is 381 g/mol. The van der Waals surface area contributed by atoms with Gasteiger partial charge in [-0.05, 0) is 62.6 Å². The predicted octanol–water partition coefficient (Wildman–Crippen LogP) is 4.46. The van der Waals surface area contributed by atoms with E-state index in [9.17, 15) is 22.4 Å². The van der Waals surface area contributed by atoms with Crippen molar-refractivity contribution in [1.82, 2.24) is 4.98 Å². The number of aryl methyl sites for hydroxylation is 2. The van der Waals surface area contributed by atoms with Crippen LogP contribution < -0.4 is 10.2 Å². The first kappa shape index (κ1) is 19.1. The van der Waals surface area contributed by atoms with Crippen molar-refractivity contribution in [3.63, 3.8) is 0 Å². The molecule has 1 N–H and O–H groups in total. The number of benzene rings is 1. The summed E-state index contributed by atoms with van der Waals surface area (Å²) in [7, 11) is 0. The summed E-state index contributed by atoms with van der Waals surface area (Å²) < 4.78 is 52.6. The number of anilines is 2. The van der Waals surface area contributed by atoms with E-state index in [0.29, 0.717) is 30.6 Å². The van der Waals surface area contributed by atoms with Crippen LogP contribution in [0.2, 0.25) is 0 Å². The molecule has 1 atom stereocenters. The van der Waals surface area contributed by atoms with Crippen LogP contribution in [0.4, 0.5) is 29.1 Å². The summed E-state index contributed by atoms with van der Waals surface area (Å²) in [5, 5.41) is 2.71. The number of pyridine rings is 1. The van der Waals surface area contributed by atoms with E-state index in [-0.39, 0.29) is 23.2 Å². The molecule has 4 nitrogen and oxygen atoms in total. The summed E-state index contributed by atoms with van der Waals surface area (Å²) in [5.41, 5.74) is 0.287. The maximum atomic E-state index is 13.4. The van der Waals surface area contributed by atoms with Crippen LogP contribution >= 0.6 is 0 Å². The third kappa shape index (κ3) is 4.20. The number of halogens is 4. The van der Waals surface area contributed by atoms with Crippen LogP contribution in [-0.2, 0) is 11.0 Å². The Morgan fingerprint density at radius 3 is 2.63 bits per heavy atom. The van der Waals surface area contributed by atoms with Gasteiger partial charge in [0.05, 0.1) is 5.56 Å². The molecule has 1 amide bonds. The molecular formula is C19H19F4N3O. The van der Waals surface area contributed by atoms with E-state index in [1.54, 1.807) is 11.8 Å². The summed E-state index contributed by atoms with van der Waals surface area (Å²) in [5.74, 6) is -0.593. The summed E-state index contributed by atoms with van der Waals surface area (Å²) in [6, 6.07) is 5.54. The molecule has 0 unspecified atom stereocenters. The van der Waals surface area contributed by atoms with Gasteiger partial charge in [0.2, 0.25) is 5.91 Å². The first-order chi connectivity index (χ1) is 12.6. The Hall–Kier alpha value is -2.64. The van der Waals surface area contributed by atoms with Crippen molar-refractivity contribution < 1.29 is 22.4 Å². The van der Waals surface area contributed by atoms with E-state index in [0.717, 1.165) is 12.1 Å². The predicted molar refractivity (Wildman–Crippen MR) is 94.1 cm³/mol. The SMILES string of the molecule is Cc1cc(C(F)(F)F)cc(N2CCC[C@H]2C(=O)Nc2ccc(F)c(C)c2)n1. The highest BCUT2D eigenvalue weighted by Crippen LogP contribution is 2.33. The highest BCUT2D eigenvalue weighted by atomic mass is 19.4. The van der Waals surface area contributed by atoms with Gasteiger partial charge in [-0.1, -0.05) is 0 Å². The number of carbonyl (C=O) groups is 1. The van der Waals surface area contributed by atoms with Crippen molar-refractivity contribution in [2.24, 2.45) is 0 Å². The summed E-state index contributed by atoms with van der Waals surface area (Å²) in [6.07, 6.45) is -3.31. The zero-order valence-corrected chi connectivity index (χ0v) is 14.9. The fourth-order valence-electron chi connectivity index (χ4n) is 3.22. The van der Waals surface area contributed by atoms with Gasteiger partial charge < -0.3 is 10.2 Å². The lowest BCUT2D eigenvalue weighted by Crippen LogP contribution is -2.40.